The molecule has 5 aliphatic carbocycles. The van der Waals surface area contributed by atoms with Crippen LogP contribution in [-0.4, -0.2) is 48.1 Å². The van der Waals surface area contributed by atoms with E-state index in [0.29, 0.717) is 35.5 Å². The van der Waals surface area contributed by atoms with E-state index in [1.165, 1.54) is 44.1 Å². The van der Waals surface area contributed by atoms with Crippen molar-refractivity contribution in [3.8, 4) is 0 Å². The zero-order valence-electron chi connectivity index (χ0n) is 30.4. The number of carbonyl (C=O) groups is 2. The van der Waals surface area contributed by atoms with Crippen LogP contribution in [0.4, 0.5) is 0 Å². The second-order valence-corrected chi connectivity index (χ2v) is 19.1. The molecule has 0 bridgehead atoms. The van der Waals surface area contributed by atoms with E-state index in [2.05, 4.69) is 72.2 Å². The van der Waals surface area contributed by atoms with E-state index in [4.69, 9.17) is 4.74 Å². The highest BCUT2D eigenvalue weighted by Crippen LogP contribution is 2.77. The third kappa shape index (κ3) is 5.00. The summed E-state index contributed by atoms with van der Waals surface area (Å²) in [5, 5.41) is 3.67. The number of carbonyl (C=O) groups excluding carboxylic acids is 2. The van der Waals surface area contributed by atoms with Crippen LogP contribution in [0.25, 0.3) is 0 Å². The Balaban J connectivity index is 1.30. The average molecular weight is 623 g/mol. The van der Waals surface area contributed by atoms with E-state index in [1.54, 1.807) is 6.92 Å². The Bertz CT molecular complexity index is 1200. The van der Waals surface area contributed by atoms with Gasteiger partial charge in [-0.2, -0.15) is 0 Å². The lowest BCUT2D eigenvalue weighted by Crippen LogP contribution is -2.68. The number of nitrogens with one attached hydrogen (secondary N) is 1. The maximum absolute atomic E-state index is 14.7. The maximum Gasteiger partial charge on any atom is 0.302 e. The standard InChI is InChI=1S/C40H66N2O3/c1-26(2)28-15-20-40(34(44)41-35(4,5)25-42-23-11-12-24-42)22-21-38(9)29(33(28)40)13-14-31-37(8)18-17-32(45-27(3)43)36(6,7)30(37)16-19-39(31,38)10/h28-33H,1,11-25H2,2-10H3,(H,41,44)/t28-,29+,30-,31+,32-,33+,37-,38+,39+,40-/m0/s1. The number of amides is 1. The molecule has 1 N–H and O–H groups in total. The van der Waals surface area contributed by atoms with Crippen LogP contribution in [0.5, 0.6) is 0 Å². The summed E-state index contributed by atoms with van der Waals surface area (Å²) in [5.74, 6) is 2.80. The SMILES string of the molecule is C=C(C)[C@@H]1CC[C@]2(C(=O)NC(C)(C)CN3CCCC3)CC[C@]3(C)[C@H](CC[C@@H]4[C@@]5(C)CC[C@H](OC(C)=O)C(C)(C)[C@@H]5CC[C@]43C)[C@@H]12. The number of likely N-dealkylation sites (tertiary alicyclic amines) is 1. The van der Waals surface area contributed by atoms with Crippen LogP contribution in [0.1, 0.15) is 139 Å². The van der Waals surface area contributed by atoms with Gasteiger partial charge in [-0.15, -0.1) is 0 Å². The quantitative estimate of drug-likeness (QED) is 0.238. The first-order valence-corrected chi connectivity index (χ1v) is 18.8. The number of hydrogen-bond donors (Lipinski definition) is 1. The van der Waals surface area contributed by atoms with E-state index in [-0.39, 0.29) is 44.7 Å². The second-order valence-electron chi connectivity index (χ2n) is 19.1. The van der Waals surface area contributed by atoms with E-state index < -0.39 is 0 Å². The first-order valence-electron chi connectivity index (χ1n) is 18.8. The van der Waals surface area contributed by atoms with Crippen molar-refractivity contribution in [3.63, 3.8) is 0 Å². The Morgan fingerprint density at radius 1 is 0.844 bits per heavy atom. The summed E-state index contributed by atoms with van der Waals surface area (Å²) in [6.07, 6.45) is 13.9. The Labute approximate surface area is 275 Å². The van der Waals surface area contributed by atoms with Crippen molar-refractivity contribution in [2.45, 2.75) is 151 Å². The predicted octanol–water partition coefficient (Wildman–Crippen LogP) is 8.57. The normalized spacial score (nSPS) is 45.9. The van der Waals surface area contributed by atoms with Crippen LogP contribution in [0.2, 0.25) is 0 Å². The highest BCUT2D eigenvalue weighted by Gasteiger charge is 2.72. The Morgan fingerprint density at radius 2 is 1.53 bits per heavy atom. The fraction of sp³-hybridized carbons (Fsp3) is 0.900. The molecule has 0 unspecified atom stereocenters. The van der Waals surface area contributed by atoms with Gasteiger partial charge < -0.3 is 15.0 Å². The fourth-order valence-electron chi connectivity index (χ4n) is 13.9. The molecule has 1 aliphatic heterocycles. The van der Waals surface area contributed by atoms with Crippen LogP contribution in [0.3, 0.4) is 0 Å². The number of fused-ring (bicyclic) bond motifs is 7. The minimum Gasteiger partial charge on any atom is -0.462 e. The van der Waals surface area contributed by atoms with Crippen molar-refractivity contribution in [3.05, 3.63) is 12.2 Å². The van der Waals surface area contributed by atoms with Crippen molar-refractivity contribution in [1.29, 1.82) is 0 Å². The molecular weight excluding hydrogens is 556 g/mol. The average Bonchev–Trinajstić information content (AvgIpc) is 3.58. The Morgan fingerprint density at radius 3 is 2.18 bits per heavy atom. The van der Waals surface area contributed by atoms with Crippen molar-refractivity contribution < 1.29 is 14.3 Å². The van der Waals surface area contributed by atoms with E-state index in [9.17, 15) is 9.59 Å². The van der Waals surface area contributed by atoms with Gasteiger partial charge in [-0.3, -0.25) is 9.59 Å². The summed E-state index contributed by atoms with van der Waals surface area (Å²) in [6.45, 7) is 28.8. The molecule has 6 fully saturated rings. The van der Waals surface area contributed by atoms with Crippen molar-refractivity contribution in [1.82, 2.24) is 10.2 Å². The lowest BCUT2D eigenvalue weighted by Gasteiger charge is -2.73. The molecule has 1 heterocycles. The van der Waals surface area contributed by atoms with Gasteiger partial charge in [0, 0.05) is 24.4 Å². The third-order valence-electron chi connectivity index (χ3n) is 16.0. The van der Waals surface area contributed by atoms with E-state index in [0.717, 1.165) is 58.2 Å². The first-order chi connectivity index (χ1) is 20.9. The molecular formula is C40H66N2O3. The van der Waals surface area contributed by atoms with Gasteiger partial charge in [-0.05, 0) is 157 Å². The molecule has 0 aromatic carbocycles. The summed E-state index contributed by atoms with van der Waals surface area (Å²) in [6, 6.07) is 0. The zero-order chi connectivity index (χ0) is 32.8. The zero-order valence-corrected chi connectivity index (χ0v) is 30.4. The fourth-order valence-corrected chi connectivity index (χ4v) is 13.9. The first kappa shape index (κ1) is 33.5. The summed E-state index contributed by atoms with van der Waals surface area (Å²) >= 11 is 0. The van der Waals surface area contributed by atoms with Crippen molar-refractivity contribution in [2.24, 2.45) is 56.7 Å². The van der Waals surface area contributed by atoms with Crippen LogP contribution in [-0.2, 0) is 14.3 Å². The Hall–Kier alpha value is -1.36. The molecule has 10 atom stereocenters. The number of ether oxygens (including phenoxy) is 1. The van der Waals surface area contributed by atoms with Crippen LogP contribution >= 0.6 is 0 Å². The largest absolute Gasteiger partial charge is 0.462 e. The number of esters is 1. The van der Waals surface area contributed by atoms with Gasteiger partial charge in [-0.1, -0.05) is 46.8 Å². The van der Waals surface area contributed by atoms with Gasteiger partial charge in [0.1, 0.15) is 6.10 Å². The monoisotopic (exact) mass is 623 g/mol. The Kier molecular flexibility index (Phi) is 8.27. The summed E-state index contributed by atoms with van der Waals surface area (Å²) in [7, 11) is 0. The van der Waals surface area contributed by atoms with Crippen LogP contribution in [0, 0.1) is 56.7 Å². The lowest BCUT2D eigenvalue weighted by molar-refractivity contribution is -0.249. The third-order valence-corrected chi connectivity index (χ3v) is 16.0. The summed E-state index contributed by atoms with van der Waals surface area (Å²) < 4.78 is 5.97. The van der Waals surface area contributed by atoms with Crippen LogP contribution < -0.4 is 5.32 Å². The number of allylic oxidation sites excluding steroid dienone is 1. The maximum atomic E-state index is 14.7. The highest BCUT2D eigenvalue weighted by atomic mass is 16.5. The van der Waals surface area contributed by atoms with Gasteiger partial charge in [0.2, 0.25) is 5.91 Å². The molecule has 5 nitrogen and oxygen atoms in total. The summed E-state index contributed by atoms with van der Waals surface area (Å²) in [4.78, 5) is 29.3. The molecule has 1 amide bonds. The molecule has 254 valence electrons. The predicted molar refractivity (Wildman–Crippen MR) is 182 cm³/mol. The van der Waals surface area contributed by atoms with Crippen molar-refractivity contribution >= 4 is 11.9 Å². The molecule has 0 spiro atoms. The molecule has 6 rings (SSSR count). The van der Waals surface area contributed by atoms with Gasteiger partial charge in [0.05, 0.1) is 5.41 Å². The smallest absolute Gasteiger partial charge is 0.302 e. The number of hydrogen-bond acceptors (Lipinski definition) is 4. The van der Waals surface area contributed by atoms with Gasteiger partial charge >= 0.3 is 5.97 Å². The van der Waals surface area contributed by atoms with Crippen molar-refractivity contribution in [2.75, 3.05) is 19.6 Å². The van der Waals surface area contributed by atoms with Crippen LogP contribution in [0.15, 0.2) is 12.2 Å². The highest BCUT2D eigenvalue weighted by molar-refractivity contribution is 5.84. The molecule has 45 heavy (non-hydrogen) atoms. The minimum atomic E-state index is -0.273. The summed E-state index contributed by atoms with van der Waals surface area (Å²) in [5.41, 5.74) is 1.47. The van der Waals surface area contributed by atoms with Gasteiger partial charge in [0.25, 0.3) is 0 Å². The molecule has 5 heteroatoms. The molecule has 0 radical (unpaired) electrons. The van der Waals surface area contributed by atoms with E-state index >= 15 is 0 Å². The second kappa shape index (κ2) is 11.1. The van der Waals surface area contributed by atoms with Gasteiger partial charge in [-0.25, -0.2) is 0 Å². The molecule has 0 aromatic rings. The molecule has 0 aromatic heterocycles. The van der Waals surface area contributed by atoms with Gasteiger partial charge in [0.15, 0.2) is 0 Å². The topological polar surface area (TPSA) is 58.6 Å². The lowest BCUT2D eigenvalue weighted by atomic mass is 9.32. The molecule has 1 saturated heterocycles. The number of nitrogens with zero attached hydrogens (tertiary/aromatic N) is 1. The minimum absolute atomic E-state index is 0.0164. The number of rotatable bonds is 6. The molecule has 5 saturated carbocycles. The molecule has 6 aliphatic rings. The van der Waals surface area contributed by atoms with E-state index in [1.807, 2.05) is 0 Å².